The number of nitriles is 1. The molecule has 1 aromatic rings. The van der Waals surface area contributed by atoms with Crippen molar-refractivity contribution in [3.63, 3.8) is 0 Å². The molecule has 0 aromatic heterocycles. The largest absolute Gasteiger partial charge is 0.466 e. The number of carbonyl (C=O) groups excluding carboxylic acids is 1. The highest BCUT2D eigenvalue weighted by Gasteiger charge is 2.15. The summed E-state index contributed by atoms with van der Waals surface area (Å²) in [5.41, 5.74) is 1.19. The lowest BCUT2D eigenvalue weighted by molar-refractivity contribution is -0.143. The number of nitrogens with zero attached hydrogens (tertiary/aromatic N) is 1. The SMILES string of the molecule is [B]C(C(=O)OCCC)c1ccc(C#N)cc1. The first-order chi connectivity index (χ1) is 7.69. The van der Waals surface area contributed by atoms with Crippen molar-refractivity contribution in [1.82, 2.24) is 0 Å². The van der Waals surface area contributed by atoms with Crippen molar-refractivity contribution >= 4 is 13.8 Å². The fraction of sp³-hybridized carbons (Fsp3) is 0.333. The minimum absolute atomic E-state index is 0.378. The molecule has 0 spiro atoms. The van der Waals surface area contributed by atoms with Crippen LogP contribution in [0.25, 0.3) is 0 Å². The van der Waals surface area contributed by atoms with E-state index in [9.17, 15) is 4.79 Å². The van der Waals surface area contributed by atoms with E-state index in [-0.39, 0.29) is 0 Å². The van der Waals surface area contributed by atoms with Gasteiger partial charge < -0.3 is 4.74 Å². The summed E-state index contributed by atoms with van der Waals surface area (Å²) >= 11 is 0. The first-order valence-corrected chi connectivity index (χ1v) is 5.11. The van der Waals surface area contributed by atoms with Gasteiger partial charge in [-0.25, -0.2) is 0 Å². The third-order valence-corrected chi connectivity index (χ3v) is 2.10. The van der Waals surface area contributed by atoms with Gasteiger partial charge in [-0.3, -0.25) is 4.79 Å². The topological polar surface area (TPSA) is 50.1 Å². The highest BCUT2D eigenvalue weighted by molar-refractivity contribution is 6.23. The first-order valence-electron chi connectivity index (χ1n) is 5.11. The van der Waals surface area contributed by atoms with Gasteiger partial charge in [0.1, 0.15) is 0 Å². The summed E-state index contributed by atoms with van der Waals surface area (Å²) in [5.74, 6) is -1.22. The number of benzene rings is 1. The van der Waals surface area contributed by atoms with Crippen molar-refractivity contribution in [2.75, 3.05) is 6.61 Å². The molecule has 0 amide bonds. The molecule has 80 valence electrons. The number of hydrogen-bond donors (Lipinski definition) is 0. The normalized spacial score (nSPS) is 11.5. The Bertz CT molecular complexity index is 394. The van der Waals surface area contributed by atoms with Gasteiger partial charge in [-0.1, -0.05) is 19.1 Å². The summed E-state index contributed by atoms with van der Waals surface area (Å²) in [4.78, 5) is 11.4. The molecule has 0 saturated carbocycles. The molecular formula is C12H12BNO2. The quantitative estimate of drug-likeness (QED) is 0.565. The zero-order valence-electron chi connectivity index (χ0n) is 9.14. The third kappa shape index (κ3) is 3.13. The van der Waals surface area contributed by atoms with Gasteiger partial charge in [0.25, 0.3) is 0 Å². The number of hydrogen-bond acceptors (Lipinski definition) is 3. The van der Waals surface area contributed by atoms with E-state index in [2.05, 4.69) is 0 Å². The molecular weight excluding hydrogens is 201 g/mol. The molecule has 1 atom stereocenters. The zero-order chi connectivity index (χ0) is 12.0. The summed E-state index contributed by atoms with van der Waals surface area (Å²) in [6.45, 7) is 2.29. The van der Waals surface area contributed by atoms with E-state index in [0.29, 0.717) is 17.7 Å². The van der Waals surface area contributed by atoms with Gasteiger partial charge in [-0.2, -0.15) is 5.26 Å². The fourth-order valence-electron chi connectivity index (χ4n) is 1.19. The number of esters is 1. The Morgan fingerprint density at radius 3 is 2.62 bits per heavy atom. The average Bonchev–Trinajstić information content (AvgIpc) is 2.35. The van der Waals surface area contributed by atoms with Crippen molar-refractivity contribution in [2.24, 2.45) is 0 Å². The minimum atomic E-state index is -0.778. The van der Waals surface area contributed by atoms with E-state index in [1.807, 2.05) is 13.0 Å². The van der Waals surface area contributed by atoms with Crippen molar-refractivity contribution < 1.29 is 9.53 Å². The zero-order valence-corrected chi connectivity index (χ0v) is 9.14. The lowest BCUT2D eigenvalue weighted by Gasteiger charge is -2.11. The molecule has 3 nitrogen and oxygen atoms in total. The van der Waals surface area contributed by atoms with Gasteiger partial charge in [0.15, 0.2) is 0 Å². The van der Waals surface area contributed by atoms with Crippen LogP contribution in [0, 0.1) is 11.3 Å². The number of carbonyl (C=O) groups is 1. The highest BCUT2D eigenvalue weighted by atomic mass is 16.5. The molecule has 0 fully saturated rings. The van der Waals surface area contributed by atoms with Crippen LogP contribution in [0.3, 0.4) is 0 Å². The Morgan fingerprint density at radius 1 is 1.50 bits per heavy atom. The summed E-state index contributed by atoms with van der Waals surface area (Å²) in [5, 5.41) is 8.62. The average molecular weight is 213 g/mol. The summed E-state index contributed by atoms with van der Waals surface area (Å²) < 4.78 is 4.93. The predicted octanol–water partition coefficient (Wildman–Crippen LogP) is 1.72. The lowest BCUT2D eigenvalue weighted by atomic mass is 9.81. The molecule has 0 heterocycles. The van der Waals surface area contributed by atoms with Crippen molar-refractivity contribution in [2.45, 2.75) is 19.2 Å². The van der Waals surface area contributed by atoms with Crippen LogP contribution in [0.5, 0.6) is 0 Å². The monoisotopic (exact) mass is 213 g/mol. The Hall–Kier alpha value is -1.76. The lowest BCUT2D eigenvalue weighted by Crippen LogP contribution is -2.16. The van der Waals surface area contributed by atoms with E-state index < -0.39 is 11.8 Å². The second kappa shape index (κ2) is 5.97. The van der Waals surface area contributed by atoms with Gasteiger partial charge in [0.2, 0.25) is 0 Å². The molecule has 2 radical (unpaired) electrons. The maximum atomic E-state index is 11.4. The molecule has 0 bridgehead atoms. The van der Waals surface area contributed by atoms with Crippen LogP contribution in [0.15, 0.2) is 24.3 Å². The van der Waals surface area contributed by atoms with E-state index in [1.165, 1.54) is 0 Å². The Morgan fingerprint density at radius 2 is 2.12 bits per heavy atom. The minimum Gasteiger partial charge on any atom is -0.466 e. The molecule has 0 aliphatic carbocycles. The Labute approximate surface area is 96.4 Å². The molecule has 4 heteroatoms. The maximum Gasteiger partial charge on any atom is 0.304 e. The molecule has 0 aliphatic heterocycles. The van der Waals surface area contributed by atoms with Crippen molar-refractivity contribution in [3.05, 3.63) is 35.4 Å². The van der Waals surface area contributed by atoms with E-state index in [4.69, 9.17) is 17.8 Å². The van der Waals surface area contributed by atoms with Gasteiger partial charge in [0.05, 0.1) is 26.1 Å². The Balaban J connectivity index is 2.69. The number of ether oxygens (including phenoxy) is 1. The molecule has 1 aromatic carbocycles. The number of rotatable bonds is 4. The van der Waals surface area contributed by atoms with Crippen LogP contribution in [0.2, 0.25) is 0 Å². The second-order valence-corrected chi connectivity index (χ2v) is 3.38. The van der Waals surface area contributed by atoms with Gasteiger partial charge in [-0.15, -0.1) is 0 Å². The van der Waals surface area contributed by atoms with E-state index in [0.717, 1.165) is 6.42 Å². The summed E-state index contributed by atoms with van der Waals surface area (Å²) in [6.07, 6.45) is 0.770. The van der Waals surface area contributed by atoms with Crippen molar-refractivity contribution in [3.8, 4) is 6.07 Å². The molecule has 0 N–H and O–H groups in total. The van der Waals surface area contributed by atoms with E-state index in [1.54, 1.807) is 24.3 Å². The van der Waals surface area contributed by atoms with Crippen LogP contribution in [-0.4, -0.2) is 20.4 Å². The molecule has 0 aliphatic rings. The van der Waals surface area contributed by atoms with Crippen molar-refractivity contribution in [1.29, 1.82) is 5.26 Å². The highest BCUT2D eigenvalue weighted by Crippen LogP contribution is 2.14. The summed E-state index contributed by atoms with van der Waals surface area (Å²) in [6, 6.07) is 8.58. The maximum absolute atomic E-state index is 11.4. The van der Waals surface area contributed by atoms with Crippen LogP contribution in [0.4, 0.5) is 0 Å². The van der Waals surface area contributed by atoms with Crippen LogP contribution in [0.1, 0.15) is 30.3 Å². The van der Waals surface area contributed by atoms with Crippen LogP contribution >= 0.6 is 0 Å². The first kappa shape index (κ1) is 12.3. The predicted molar refractivity (Wildman–Crippen MR) is 60.9 cm³/mol. The summed E-state index contributed by atoms with van der Waals surface area (Å²) in [7, 11) is 5.71. The third-order valence-electron chi connectivity index (χ3n) is 2.10. The van der Waals surface area contributed by atoms with Gasteiger partial charge in [-0.05, 0) is 24.1 Å². The van der Waals surface area contributed by atoms with Crippen LogP contribution < -0.4 is 0 Å². The molecule has 1 rings (SSSR count). The van der Waals surface area contributed by atoms with Gasteiger partial charge in [0, 0.05) is 5.82 Å². The van der Waals surface area contributed by atoms with E-state index >= 15 is 0 Å². The Kier molecular flexibility index (Phi) is 4.59. The molecule has 1 unspecified atom stereocenters. The van der Waals surface area contributed by atoms with Crippen LogP contribution in [-0.2, 0) is 9.53 Å². The molecule has 0 saturated heterocycles. The fourth-order valence-corrected chi connectivity index (χ4v) is 1.19. The second-order valence-electron chi connectivity index (χ2n) is 3.38. The molecule has 16 heavy (non-hydrogen) atoms. The van der Waals surface area contributed by atoms with Gasteiger partial charge >= 0.3 is 5.97 Å². The smallest absolute Gasteiger partial charge is 0.304 e. The standard InChI is InChI=1S/C12H12BNO2/c1-2-7-16-12(15)11(13)10-5-3-9(8-14)4-6-10/h3-6,11H,2,7H2,1H3.